The summed E-state index contributed by atoms with van der Waals surface area (Å²) in [6, 6.07) is 29.1. The van der Waals surface area contributed by atoms with E-state index in [4.69, 9.17) is 50.5 Å². The van der Waals surface area contributed by atoms with Crippen LogP contribution in [0.2, 0.25) is 0 Å². The van der Waals surface area contributed by atoms with Crippen LogP contribution in [0.4, 0.5) is 0 Å². The molecule has 0 aliphatic carbocycles. The van der Waals surface area contributed by atoms with E-state index in [1.807, 2.05) is 60.7 Å². The van der Waals surface area contributed by atoms with E-state index in [9.17, 15) is 0 Å². The van der Waals surface area contributed by atoms with Crippen LogP contribution >= 0.6 is 0 Å². The molecule has 248 valence electrons. The molecule has 0 nitrogen and oxygen atoms in total. The van der Waals surface area contributed by atoms with E-state index in [0.717, 1.165) is 42.7 Å². The summed E-state index contributed by atoms with van der Waals surface area (Å²) < 4.78 is 0. The molecule has 0 saturated carbocycles. The molecule has 0 unspecified atom stereocenters. The standard InChI is InChI=1S/C21H26S2.C20H24S2.Ni/c1-14-11-17(21(3,4)5)12-15(2)18(14)13-19(22)20(23)16-9-7-6-8-10-16;1-13-11-16(20(3,4)5)12-14(2)17(13)19(22)18(21)15-9-7-6-8-10-15;/h6-12,22-23H,13H2,1-5H3;6-12,21-22H,1-5H3;/p-4/b20-19-;19-18-;. The molecule has 0 N–H and O–H groups in total. The Morgan fingerprint density at radius 1 is 0.500 bits per heavy atom. The first-order chi connectivity index (χ1) is 20.9. The molecule has 0 fully saturated rings. The van der Waals surface area contributed by atoms with E-state index in [0.29, 0.717) is 0 Å². The Balaban J connectivity index is 0.000000314. The summed E-state index contributed by atoms with van der Waals surface area (Å²) in [5.74, 6) is 0. The predicted octanol–water partition coefficient (Wildman–Crippen LogP) is 11.1. The average molecular weight is 726 g/mol. The van der Waals surface area contributed by atoms with Crippen LogP contribution in [0.5, 0.6) is 0 Å². The normalized spacial score (nSPS) is 12.7. The molecule has 0 aliphatic heterocycles. The van der Waals surface area contributed by atoms with Crippen molar-refractivity contribution >= 4 is 65.2 Å². The molecule has 0 bridgehead atoms. The molecule has 0 heterocycles. The van der Waals surface area contributed by atoms with Gasteiger partial charge in [-0.15, -0.1) is 0 Å². The molecule has 4 aromatic carbocycles. The monoisotopic (exact) mass is 724 g/mol. The molecule has 46 heavy (non-hydrogen) atoms. The van der Waals surface area contributed by atoms with Crippen molar-refractivity contribution < 1.29 is 16.5 Å². The summed E-state index contributed by atoms with van der Waals surface area (Å²) in [5, 5.41) is 0. The van der Waals surface area contributed by atoms with Crippen LogP contribution in [0, 0.1) is 27.7 Å². The number of benzene rings is 4. The van der Waals surface area contributed by atoms with E-state index in [1.165, 1.54) is 38.9 Å². The molecule has 0 spiro atoms. The van der Waals surface area contributed by atoms with Crippen LogP contribution in [0.3, 0.4) is 0 Å². The first-order valence-electron chi connectivity index (χ1n) is 15.4. The SMILES string of the molecule is Cc1cc(C(C)(C)C)cc(C)c1/C([S-])=C(/[S-])c1ccccc1.Cc1cc(C(C)(C)C)cc(C)c1C/C([S-])=C(/[S-])c1ccccc1.[Ni]. The number of allylic oxidation sites excluding steroid dienone is 1. The van der Waals surface area contributed by atoms with Gasteiger partial charge in [0.2, 0.25) is 0 Å². The minimum absolute atomic E-state index is 0. The van der Waals surface area contributed by atoms with Gasteiger partial charge in [0.15, 0.2) is 0 Å². The van der Waals surface area contributed by atoms with Crippen molar-refractivity contribution in [3.05, 3.63) is 145 Å². The summed E-state index contributed by atoms with van der Waals surface area (Å²) in [5.41, 5.74) is 12.5. The summed E-state index contributed by atoms with van der Waals surface area (Å²) in [6.45, 7) is 22.0. The topological polar surface area (TPSA) is 0 Å². The molecule has 0 aromatic heterocycles. The van der Waals surface area contributed by atoms with Gasteiger partial charge in [0.25, 0.3) is 0 Å². The Kier molecular flexibility index (Phi) is 14.5. The van der Waals surface area contributed by atoms with Gasteiger partial charge in [-0.05, 0) is 101 Å². The second-order valence-electron chi connectivity index (χ2n) is 13.9. The van der Waals surface area contributed by atoms with Gasteiger partial charge in [0, 0.05) is 16.5 Å². The van der Waals surface area contributed by atoms with Crippen molar-refractivity contribution in [3.63, 3.8) is 0 Å². The fourth-order valence-electron chi connectivity index (χ4n) is 5.29. The summed E-state index contributed by atoms with van der Waals surface area (Å²) in [7, 11) is 0. The van der Waals surface area contributed by atoms with Crippen LogP contribution in [-0.4, -0.2) is 0 Å². The van der Waals surface area contributed by atoms with Crippen LogP contribution in [0.1, 0.15) is 97.2 Å². The molecule has 0 saturated heterocycles. The second-order valence-corrected chi connectivity index (χ2v) is 15.6. The van der Waals surface area contributed by atoms with E-state index in [-0.39, 0.29) is 27.3 Å². The third-order valence-corrected chi connectivity index (χ3v) is 9.99. The summed E-state index contributed by atoms with van der Waals surface area (Å²) in [6.07, 6.45) is 0.741. The fourth-order valence-corrected chi connectivity index (χ4v) is 6.43. The van der Waals surface area contributed by atoms with Crippen LogP contribution in [0.25, 0.3) is 14.7 Å². The average Bonchev–Trinajstić information content (AvgIpc) is 2.97. The minimum Gasteiger partial charge on any atom is -0.785 e. The first-order valence-corrected chi connectivity index (χ1v) is 17.0. The third kappa shape index (κ3) is 10.4. The molecule has 0 atom stereocenters. The van der Waals surface area contributed by atoms with Crippen LogP contribution < -0.4 is 0 Å². The number of hydrogen-bond donors (Lipinski definition) is 0. The van der Waals surface area contributed by atoms with Gasteiger partial charge < -0.3 is 50.5 Å². The smallest absolute Gasteiger partial charge is 0 e. The second kappa shape index (κ2) is 16.7. The van der Waals surface area contributed by atoms with Crippen LogP contribution in [-0.2, 0) is 84.3 Å². The largest absolute Gasteiger partial charge is 0.785 e. The van der Waals surface area contributed by atoms with Crippen molar-refractivity contribution in [1.29, 1.82) is 0 Å². The maximum Gasteiger partial charge on any atom is 0 e. The Morgan fingerprint density at radius 2 is 0.848 bits per heavy atom. The Bertz CT molecular complexity index is 1640. The van der Waals surface area contributed by atoms with E-state index in [2.05, 4.69) is 93.5 Å². The number of rotatable bonds is 5. The van der Waals surface area contributed by atoms with Crippen LogP contribution in [0.15, 0.2) is 89.8 Å². The molecule has 4 rings (SSSR count). The zero-order valence-corrected chi connectivity index (χ0v) is 33.0. The van der Waals surface area contributed by atoms with Gasteiger partial charge in [-0.1, -0.05) is 126 Å². The van der Waals surface area contributed by atoms with Gasteiger partial charge in [0.1, 0.15) is 0 Å². The molecular weight excluding hydrogens is 679 g/mol. The quantitative estimate of drug-likeness (QED) is 0.114. The van der Waals surface area contributed by atoms with Crippen molar-refractivity contribution in [2.45, 2.75) is 86.5 Å². The van der Waals surface area contributed by atoms with E-state index >= 15 is 0 Å². The van der Waals surface area contributed by atoms with Gasteiger partial charge >= 0.3 is 0 Å². The molecule has 0 aliphatic rings. The van der Waals surface area contributed by atoms with Gasteiger partial charge in [-0.3, -0.25) is 0 Å². The Labute approximate surface area is 311 Å². The minimum atomic E-state index is 0. The predicted molar refractivity (Wildman–Crippen MR) is 209 cm³/mol. The van der Waals surface area contributed by atoms with E-state index < -0.39 is 0 Å². The molecular formula is C41H46NiS4-4. The molecule has 4 aromatic rings. The van der Waals surface area contributed by atoms with Crippen molar-refractivity contribution in [1.82, 2.24) is 0 Å². The molecule has 5 heteroatoms. The Hall–Kier alpha value is -2.27. The number of hydrogen-bond acceptors (Lipinski definition) is 4. The van der Waals surface area contributed by atoms with Crippen molar-refractivity contribution in [2.24, 2.45) is 0 Å². The van der Waals surface area contributed by atoms with Crippen molar-refractivity contribution in [2.75, 3.05) is 0 Å². The third-order valence-electron chi connectivity index (χ3n) is 8.06. The molecule has 0 amide bonds. The maximum absolute atomic E-state index is 5.70. The summed E-state index contributed by atoms with van der Waals surface area (Å²) in [4.78, 5) is 3.17. The number of aryl methyl sites for hydroxylation is 4. The van der Waals surface area contributed by atoms with Gasteiger partial charge in [-0.2, -0.15) is 14.7 Å². The maximum atomic E-state index is 5.70. The summed E-state index contributed by atoms with van der Waals surface area (Å²) >= 11 is 22.5. The first kappa shape index (κ1) is 39.9. The zero-order valence-electron chi connectivity index (χ0n) is 28.7. The van der Waals surface area contributed by atoms with Crippen molar-refractivity contribution in [3.8, 4) is 0 Å². The van der Waals surface area contributed by atoms with Gasteiger partial charge in [0.05, 0.1) is 0 Å². The van der Waals surface area contributed by atoms with E-state index in [1.54, 1.807) is 0 Å². The fraction of sp³-hybridized carbons (Fsp3) is 0.317. The Morgan fingerprint density at radius 3 is 1.22 bits per heavy atom. The zero-order chi connectivity index (χ0) is 33.7. The molecule has 0 radical (unpaired) electrons. The van der Waals surface area contributed by atoms with Gasteiger partial charge in [-0.25, -0.2) is 4.91 Å².